The lowest BCUT2D eigenvalue weighted by atomic mass is 10.0. The Balaban J connectivity index is 2.63. The first kappa shape index (κ1) is 16.0. The van der Waals surface area contributed by atoms with Crippen LogP contribution in [-0.4, -0.2) is 29.0 Å². The number of rotatable bonds is 9. The van der Waals surface area contributed by atoms with Crippen molar-refractivity contribution in [2.24, 2.45) is 5.92 Å². The number of nitrogens with one attached hydrogen (secondary N) is 1. The van der Waals surface area contributed by atoms with Crippen molar-refractivity contribution >= 4 is 17.4 Å². The van der Waals surface area contributed by atoms with E-state index in [2.05, 4.69) is 22.2 Å². The van der Waals surface area contributed by atoms with Gasteiger partial charge in [0, 0.05) is 12.4 Å². The molecule has 1 N–H and O–H groups in total. The Morgan fingerprint density at radius 1 is 1.32 bits per heavy atom. The fraction of sp³-hybridized carbons (Fsp3) is 0.714. The van der Waals surface area contributed by atoms with E-state index in [1.165, 1.54) is 19.2 Å². The summed E-state index contributed by atoms with van der Waals surface area (Å²) in [5, 5.41) is 3.39. The Morgan fingerprint density at radius 3 is 2.74 bits per heavy atom. The monoisotopic (exact) mass is 285 g/mol. The van der Waals surface area contributed by atoms with Gasteiger partial charge in [0.25, 0.3) is 0 Å². The van der Waals surface area contributed by atoms with Crippen LogP contribution in [0.2, 0.25) is 0 Å². The van der Waals surface area contributed by atoms with Crippen LogP contribution >= 0.6 is 11.6 Å². The average Bonchev–Trinajstić information content (AvgIpc) is 2.40. The fourth-order valence-electron chi connectivity index (χ4n) is 2.05. The lowest BCUT2D eigenvalue weighted by Crippen LogP contribution is -2.16. The number of ether oxygens (including phenoxy) is 1. The molecule has 0 aliphatic heterocycles. The molecule has 108 valence electrons. The molecule has 4 nitrogen and oxygen atoms in total. The molecule has 0 aliphatic rings. The van der Waals surface area contributed by atoms with Crippen molar-refractivity contribution < 1.29 is 4.74 Å². The van der Waals surface area contributed by atoms with Crippen molar-refractivity contribution in [3.8, 4) is 5.88 Å². The molecule has 0 spiro atoms. The summed E-state index contributed by atoms with van der Waals surface area (Å²) >= 11 is 5.84. The zero-order valence-electron chi connectivity index (χ0n) is 12.1. The van der Waals surface area contributed by atoms with E-state index in [4.69, 9.17) is 16.3 Å². The predicted octanol–water partition coefficient (Wildman–Crippen LogP) is 3.64. The second kappa shape index (κ2) is 8.97. The molecule has 0 fully saturated rings. The SMILES string of the molecule is CCCC(CCCl)CNc1ncnc(OCC)c1C. The summed E-state index contributed by atoms with van der Waals surface area (Å²) in [6.07, 6.45) is 4.93. The van der Waals surface area contributed by atoms with Crippen LogP contribution in [0.1, 0.15) is 38.7 Å². The highest BCUT2D eigenvalue weighted by Crippen LogP contribution is 2.21. The maximum atomic E-state index is 5.84. The van der Waals surface area contributed by atoms with Crippen LogP contribution < -0.4 is 10.1 Å². The first-order valence-electron chi connectivity index (χ1n) is 6.97. The highest BCUT2D eigenvalue weighted by Gasteiger charge is 2.11. The minimum absolute atomic E-state index is 0.590. The predicted molar refractivity (Wildman–Crippen MR) is 80.2 cm³/mol. The van der Waals surface area contributed by atoms with E-state index in [1.54, 1.807) is 0 Å². The maximum Gasteiger partial charge on any atom is 0.221 e. The van der Waals surface area contributed by atoms with Gasteiger partial charge in [0.05, 0.1) is 12.2 Å². The number of halogens is 1. The van der Waals surface area contributed by atoms with Crippen molar-refractivity contribution in [1.82, 2.24) is 9.97 Å². The number of hydrogen-bond acceptors (Lipinski definition) is 4. The van der Waals surface area contributed by atoms with Crippen LogP contribution in [-0.2, 0) is 0 Å². The first-order chi connectivity index (χ1) is 9.22. The smallest absolute Gasteiger partial charge is 0.221 e. The molecule has 1 rings (SSSR count). The number of nitrogens with zero attached hydrogens (tertiary/aromatic N) is 2. The van der Waals surface area contributed by atoms with Gasteiger partial charge in [0.1, 0.15) is 12.1 Å². The Bertz CT molecular complexity index is 368. The lowest BCUT2D eigenvalue weighted by Gasteiger charge is -2.17. The highest BCUT2D eigenvalue weighted by molar-refractivity contribution is 6.17. The summed E-state index contributed by atoms with van der Waals surface area (Å²) in [6.45, 7) is 7.63. The van der Waals surface area contributed by atoms with E-state index in [-0.39, 0.29) is 0 Å². The van der Waals surface area contributed by atoms with Crippen LogP contribution in [0.15, 0.2) is 6.33 Å². The molecule has 1 heterocycles. The third-order valence-corrected chi connectivity index (χ3v) is 3.31. The highest BCUT2D eigenvalue weighted by atomic mass is 35.5. The molecule has 0 saturated carbocycles. The van der Waals surface area contributed by atoms with Crippen molar-refractivity contribution in [3.05, 3.63) is 11.9 Å². The van der Waals surface area contributed by atoms with Gasteiger partial charge in [-0.15, -0.1) is 11.6 Å². The number of hydrogen-bond donors (Lipinski definition) is 1. The van der Waals surface area contributed by atoms with Gasteiger partial charge >= 0.3 is 0 Å². The van der Waals surface area contributed by atoms with Crippen LogP contribution in [0.3, 0.4) is 0 Å². The second-order valence-corrected chi connectivity index (χ2v) is 4.98. The molecule has 0 bridgehead atoms. The van der Waals surface area contributed by atoms with E-state index in [9.17, 15) is 0 Å². The quantitative estimate of drug-likeness (QED) is 0.704. The minimum Gasteiger partial charge on any atom is -0.478 e. The standard InChI is InChI=1S/C14H24ClN3O/c1-4-6-12(7-8-15)9-16-13-11(3)14(19-5-2)18-10-17-13/h10,12H,4-9H2,1-3H3,(H,16,17,18). The summed E-state index contributed by atoms with van der Waals surface area (Å²) in [6, 6.07) is 0. The van der Waals surface area contributed by atoms with Gasteiger partial charge in [-0.25, -0.2) is 9.97 Å². The van der Waals surface area contributed by atoms with E-state index in [0.29, 0.717) is 24.3 Å². The molecule has 0 aliphatic carbocycles. The van der Waals surface area contributed by atoms with Gasteiger partial charge in [0.2, 0.25) is 5.88 Å². The Hall–Kier alpha value is -1.03. The van der Waals surface area contributed by atoms with Gasteiger partial charge in [-0.05, 0) is 32.6 Å². The van der Waals surface area contributed by atoms with Crippen molar-refractivity contribution in [3.63, 3.8) is 0 Å². The minimum atomic E-state index is 0.590. The summed E-state index contributed by atoms with van der Waals surface area (Å²) in [7, 11) is 0. The number of aromatic nitrogens is 2. The van der Waals surface area contributed by atoms with Gasteiger partial charge in [-0.1, -0.05) is 13.3 Å². The van der Waals surface area contributed by atoms with Gasteiger partial charge in [-0.2, -0.15) is 0 Å². The normalized spacial score (nSPS) is 12.2. The Kier molecular flexibility index (Phi) is 7.56. The first-order valence-corrected chi connectivity index (χ1v) is 7.50. The third-order valence-electron chi connectivity index (χ3n) is 3.09. The van der Waals surface area contributed by atoms with Crippen LogP contribution in [0.25, 0.3) is 0 Å². The summed E-state index contributed by atoms with van der Waals surface area (Å²) < 4.78 is 5.47. The van der Waals surface area contributed by atoms with E-state index in [1.807, 2.05) is 13.8 Å². The molecule has 0 saturated heterocycles. The zero-order chi connectivity index (χ0) is 14.1. The largest absolute Gasteiger partial charge is 0.478 e. The summed E-state index contributed by atoms with van der Waals surface area (Å²) in [4.78, 5) is 8.41. The Labute approximate surface area is 120 Å². The molecule has 1 unspecified atom stereocenters. The lowest BCUT2D eigenvalue weighted by molar-refractivity contribution is 0.324. The van der Waals surface area contributed by atoms with Crippen LogP contribution in [0.5, 0.6) is 5.88 Å². The number of alkyl halides is 1. The topological polar surface area (TPSA) is 47.0 Å². The molecular formula is C14H24ClN3O. The molecule has 1 atom stereocenters. The second-order valence-electron chi connectivity index (χ2n) is 4.60. The molecule has 0 radical (unpaired) electrons. The van der Waals surface area contributed by atoms with Crippen molar-refractivity contribution in [1.29, 1.82) is 0 Å². The molecule has 0 aromatic carbocycles. The van der Waals surface area contributed by atoms with E-state index < -0.39 is 0 Å². The summed E-state index contributed by atoms with van der Waals surface area (Å²) in [5.41, 5.74) is 0.963. The average molecular weight is 286 g/mol. The van der Waals surface area contributed by atoms with Crippen LogP contribution in [0, 0.1) is 12.8 Å². The van der Waals surface area contributed by atoms with E-state index in [0.717, 1.165) is 24.3 Å². The zero-order valence-corrected chi connectivity index (χ0v) is 12.8. The maximum absolute atomic E-state index is 5.84. The van der Waals surface area contributed by atoms with E-state index >= 15 is 0 Å². The summed E-state index contributed by atoms with van der Waals surface area (Å²) in [5.74, 6) is 2.81. The van der Waals surface area contributed by atoms with Gasteiger partial charge in [-0.3, -0.25) is 0 Å². The fourth-order valence-corrected chi connectivity index (χ4v) is 2.36. The third kappa shape index (κ3) is 5.23. The molecule has 19 heavy (non-hydrogen) atoms. The molecule has 1 aromatic heterocycles. The molecular weight excluding hydrogens is 262 g/mol. The molecule has 1 aromatic rings. The van der Waals surface area contributed by atoms with Crippen LogP contribution in [0.4, 0.5) is 5.82 Å². The molecule has 0 amide bonds. The van der Waals surface area contributed by atoms with Gasteiger partial charge < -0.3 is 10.1 Å². The Morgan fingerprint density at radius 2 is 2.11 bits per heavy atom. The van der Waals surface area contributed by atoms with Gasteiger partial charge in [0.15, 0.2) is 0 Å². The number of anilines is 1. The van der Waals surface area contributed by atoms with Crippen molar-refractivity contribution in [2.75, 3.05) is 24.3 Å². The van der Waals surface area contributed by atoms with Crippen molar-refractivity contribution in [2.45, 2.75) is 40.0 Å². The molecule has 5 heteroatoms.